The van der Waals surface area contributed by atoms with Crippen LogP contribution in [-0.4, -0.2) is 37.4 Å². The minimum Gasteiger partial charge on any atom is -0.358 e. The number of aryl methyl sites for hydroxylation is 2. The molecule has 23 heavy (non-hydrogen) atoms. The summed E-state index contributed by atoms with van der Waals surface area (Å²) in [5.74, 6) is -0.898. The van der Waals surface area contributed by atoms with Gasteiger partial charge in [0.05, 0.1) is 5.69 Å². The molecule has 0 atom stereocenters. The molecule has 0 unspecified atom stereocenters. The van der Waals surface area contributed by atoms with Gasteiger partial charge in [0.2, 0.25) is 0 Å². The Morgan fingerprint density at radius 2 is 2.22 bits per heavy atom. The van der Waals surface area contributed by atoms with E-state index in [0.717, 1.165) is 0 Å². The maximum Gasteiger partial charge on any atom is 0.357 e. The first-order chi connectivity index (χ1) is 10.8. The molecule has 0 aliphatic carbocycles. The molecule has 0 radical (unpaired) electrons. The molecule has 124 valence electrons. The van der Waals surface area contributed by atoms with Gasteiger partial charge in [0.25, 0.3) is 5.91 Å². The molecular formula is C11H11BrCl2N6O3. The van der Waals surface area contributed by atoms with Crippen molar-refractivity contribution in [1.82, 2.24) is 25.3 Å². The molecule has 0 bridgehead atoms. The topological polar surface area (TPSA) is 119 Å². The fraction of sp³-hybridized carbons (Fsp3) is 0.364. The molecule has 2 N–H and O–H groups in total. The number of aromatic amines is 1. The number of nitrogens with zero attached hydrogens (tertiary/aromatic N) is 4. The Balaban J connectivity index is 1.88. The van der Waals surface area contributed by atoms with Crippen LogP contribution < -0.4 is 5.32 Å². The van der Waals surface area contributed by atoms with Gasteiger partial charge in [0, 0.05) is 13.1 Å². The summed E-state index contributed by atoms with van der Waals surface area (Å²) < 4.78 is 1.55. The highest BCUT2D eigenvalue weighted by Gasteiger charge is 2.24. The zero-order valence-corrected chi connectivity index (χ0v) is 14.9. The number of carbonyl (C=O) groups is 1. The second-order valence-corrected chi connectivity index (χ2v) is 6.04. The van der Waals surface area contributed by atoms with Crippen molar-refractivity contribution in [3.63, 3.8) is 0 Å². The third-order valence-electron chi connectivity index (χ3n) is 2.92. The zero-order chi connectivity index (χ0) is 17.1. The molecule has 2 aromatic rings. The summed E-state index contributed by atoms with van der Waals surface area (Å²) >= 11 is 14.9. The molecule has 0 aliphatic heterocycles. The summed E-state index contributed by atoms with van der Waals surface area (Å²) in [4.78, 5) is 21.9. The molecule has 2 heterocycles. The molecule has 9 nitrogen and oxygen atoms in total. The molecule has 1 amide bonds. The van der Waals surface area contributed by atoms with Crippen LogP contribution in [0.2, 0.25) is 10.2 Å². The number of rotatable bonds is 6. The second kappa shape index (κ2) is 7.28. The number of halogens is 3. The Labute approximate surface area is 148 Å². The number of nitro groups is 1. The minimum absolute atomic E-state index is 0.0116. The van der Waals surface area contributed by atoms with Crippen LogP contribution in [0.5, 0.6) is 0 Å². The van der Waals surface area contributed by atoms with Crippen LogP contribution >= 0.6 is 39.1 Å². The number of carbonyl (C=O) groups excluding carboxylic acids is 1. The highest BCUT2D eigenvalue weighted by molar-refractivity contribution is 9.10. The van der Waals surface area contributed by atoms with E-state index in [1.807, 2.05) is 0 Å². The predicted molar refractivity (Wildman–Crippen MR) is 86.9 cm³/mol. The number of aromatic nitrogens is 4. The average molecular weight is 426 g/mol. The van der Waals surface area contributed by atoms with Crippen molar-refractivity contribution in [2.45, 2.75) is 19.9 Å². The quantitative estimate of drug-likeness (QED) is 0.419. The second-order valence-electron chi connectivity index (χ2n) is 4.51. The van der Waals surface area contributed by atoms with Gasteiger partial charge in [-0.25, -0.2) is 0 Å². The number of nitrogens with one attached hydrogen (secondary N) is 2. The van der Waals surface area contributed by atoms with E-state index in [1.54, 1.807) is 11.6 Å². The van der Waals surface area contributed by atoms with Crippen molar-refractivity contribution >= 4 is 50.9 Å². The monoisotopic (exact) mass is 424 g/mol. The average Bonchev–Trinajstić information content (AvgIpc) is 2.99. The van der Waals surface area contributed by atoms with E-state index in [0.29, 0.717) is 35.4 Å². The molecule has 0 aromatic carbocycles. The summed E-state index contributed by atoms with van der Waals surface area (Å²) in [6.45, 7) is 2.53. The van der Waals surface area contributed by atoms with Crippen LogP contribution in [0, 0.1) is 17.0 Å². The van der Waals surface area contributed by atoms with E-state index in [-0.39, 0.29) is 16.0 Å². The highest BCUT2D eigenvalue weighted by Crippen LogP contribution is 2.26. The summed E-state index contributed by atoms with van der Waals surface area (Å²) in [5.41, 5.74) is 0.557. The maximum atomic E-state index is 11.9. The Morgan fingerprint density at radius 1 is 1.52 bits per heavy atom. The third kappa shape index (κ3) is 3.82. The first-order valence-corrected chi connectivity index (χ1v) is 7.92. The van der Waals surface area contributed by atoms with Gasteiger partial charge >= 0.3 is 5.82 Å². The van der Waals surface area contributed by atoms with Crippen LogP contribution in [0.15, 0.2) is 4.47 Å². The van der Waals surface area contributed by atoms with Crippen molar-refractivity contribution in [2.24, 2.45) is 0 Å². The van der Waals surface area contributed by atoms with E-state index in [1.165, 1.54) is 0 Å². The van der Waals surface area contributed by atoms with Gasteiger partial charge in [-0.2, -0.15) is 5.10 Å². The molecule has 0 fully saturated rings. The molecule has 0 aliphatic rings. The Morgan fingerprint density at radius 3 is 2.74 bits per heavy atom. The van der Waals surface area contributed by atoms with Gasteiger partial charge in [-0.3, -0.25) is 9.48 Å². The molecule has 0 saturated carbocycles. The fourth-order valence-corrected chi connectivity index (χ4v) is 2.68. The van der Waals surface area contributed by atoms with Crippen molar-refractivity contribution in [2.75, 3.05) is 6.54 Å². The number of hydrogen-bond donors (Lipinski definition) is 2. The van der Waals surface area contributed by atoms with Crippen LogP contribution in [0.25, 0.3) is 0 Å². The predicted octanol–water partition coefficient (Wildman–Crippen LogP) is 2.71. The number of hydrogen-bond acceptors (Lipinski definition) is 5. The molecule has 0 saturated heterocycles. The van der Waals surface area contributed by atoms with Crippen LogP contribution in [0.1, 0.15) is 22.6 Å². The number of H-pyrrole nitrogens is 1. The van der Waals surface area contributed by atoms with Crippen LogP contribution in [-0.2, 0) is 6.54 Å². The summed E-state index contributed by atoms with van der Waals surface area (Å²) in [5, 5.41) is 24.0. The summed E-state index contributed by atoms with van der Waals surface area (Å²) in [7, 11) is 0. The van der Waals surface area contributed by atoms with E-state index in [2.05, 4.69) is 36.5 Å². The van der Waals surface area contributed by atoms with Gasteiger partial charge in [-0.05, 0) is 34.2 Å². The zero-order valence-electron chi connectivity index (χ0n) is 11.8. The highest BCUT2D eigenvalue weighted by atomic mass is 79.9. The molecule has 0 spiro atoms. The van der Waals surface area contributed by atoms with Crippen LogP contribution in [0.3, 0.4) is 0 Å². The SMILES string of the molecule is Cc1nn(CCCNC(=O)c2n[nH]c([N+](=O)[O-])c2Br)c(Cl)c1Cl. The minimum atomic E-state index is -0.667. The van der Waals surface area contributed by atoms with Crippen molar-refractivity contribution in [3.8, 4) is 0 Å². The van der Waals surface area contributed by atoms with Gasteiger partial charge in [-0.1, -0.05) is 28.3 Å². The Hall–Kier alpha value is -1.65. The Kier molecular flexibility index (Phi) is 5.60. The summed E-state index contributed by atoms with van der Waals surface area (Å²) in [6, 6.07) is 0. The fourth-order valence-electron chi connectivity index (χ4n) is 1.78. The standard InChI is InChI=1S/C11H11BrCl2N6O3/c1-5-7(13)9(14)19(18-5)4-2-3-15-11(21)8-6(12)10(17-16-8)20(22)23/h2-4H2,1H3,(H,15,21)(H,16,17). The van der Waals surface area contributed by atoms with Crippen LogP contribution in [0.4, 0.5) is 5.82 Å². The first kappa shape index (κ1) is 17.7. The molecule has 2 aromatic heterocycles. The van der Waals surface area contributed by atoms with Crippen molar-refractivity contribution < 1.29 is 9.72 Å². The van der Waals surface area contributed by atoms with Gasteiger partial charge in [-0.15, -0.1) is 5.10 Å². The lowest BCUT2D eigenvalue weighted by atomic mass is 10.3. The third-order valence-corrected chi connectivity index (χ3v) is 4.60. The van der Waals surface area contributed by atoms with Gasteiger partial charge in [0.1, 0.15) is 14.6 Å². The smallest absolute Gasteiger partial charge is 0.357 e. The number of amides is 1. The van der Waals surface area contributed by atoms with E-state index < -0.39 is 10.8 Å². The van der Waals surface area contributed by atoms with Gasteiger partial charge in [0.15, 0.2) is 5.69 Å². The Bertz CT molecular complexity index is 759. The van der Waals surface area contributed by atoms with E-state index >= 15 is 0 Å². The molecule has 2 rings (SSSR count). The first-order valence-electron chi connectivity index (χ1n) is 6.37. The lowest BCUT2D eigenvalue weighted by Crippen LogP contribution is -2.26. The molecule has 12 heteroatoms. The van der Waals surface area contributed by atoms with E-state index in [9.17, 15) is 14.9 Å². The lowest BCUT2D eigenvalue weighted by Gasteiger charge is -2.04. The van der Waals surface area contributed by atoms with Crippen molar-refractivity contribution in [1.29, 1.82) is 0 Å². The van der Waals surface area contributed by atoms with Gasteiger partial charge < -0.3 is 15.4 Å². The largest absolute Gasteiger partial charge is 0.358 e. The normalized spacial score (nSPS) is 10.8. The van der Waals surface area contributed by atoms with Crippen molar-refractivity contribution in [3.05, 3.63) is 36.2 Å². The lowest BCUT2D eigenvalue weighted by molar-refractivity contribution is -0.390. The maximum absolute atomic E-state index is 11.9. The summed E-state index contributed by atoms with van der Waals surface area (Å²) in [6.07, 6.45) is 0.549. The van der Waals surface area contributed by atoms with E-state index in [4.69, 9.17) is 23.2 Å². The molecular weight excluding hydrogens is 415 g/mol.